The molecule has 1 amide bonds. The van der Waals surface area contributed by atoms with Crippen molar-refractivity contribution in [3.63, 3.8) is 0 Å². The van der Waals surface area contributed by atoms with Crippen molar-refractivity contribution >= 4 is 11.9 Å². The summed E-state index contributed by atoms with van der Waals surface area (Å²) in [6.45, 7) is 4.78. The van der Waals surface area contributed by atoms with Gasteiger partial charge in [-0.15, -0.1) is 0 Å². The van der Waals surface area contributed by atoms with Gasteiger partial charge in [0.2, 0.25) is 0 Å². The zero-order valence-electron chi connectivity index (χ0n) is 13.3. The third kappa shape index (κ3) is 4.92. The monoisotopic (exact) mass is 322 g/mol. The van der Waals surface area contributed by atoms with Gasteiger partial charge in [-0.05, 0) is 38.7 Å². The second-order valence-corrected chi connectivity index (χ2v) is 5.82. The predicted molar refractivity (Wildman–Crippen MR) is 82.4 cm³/mol. The van der Waals surface area contributed by atoms with Crippen LogP contribution < -0.4 is 10.1 Å². The molecule has 2 heterocycles. The van der Waals surface area contributed by atoms with Gasteiger partial charge in [0.1, 0.15) is 11.8 Å². The Bertz CT molecular complexity index is 555. The summed E-state index contributed by atoms with van der Waals surface area (Å²) in [7, 11) is 0. The lowest BCUT2D eigenvalue weighted by Crippen LogP contribution is -2.47. The normalized spacial score (nSPS) is 16.8. The number of rotatable bonds is 6. The van der Waals surface area contributed by atoms with Gasteiger partial charge in [-0.25, -0.2) is 4.79 Å². The third-order valence-corrected chi connectivity index (χ3v) is 3.64. The quantitative estimate of drug-likeness (QED) is 0.823. The van der Waals surface area contributed by atoms with E-state index in [0.717, 1.165) is 0 Å². The number of carboxylic acids is 1. The predicted octanol–water partition coefficient (Wildman–Crippen LogP) is 1.48. The van der Waals surface area contributed by atoms with Crippen molar-refractivity contribution < 1.29 is 24.2 Å². The molecule has 0 aliphatic carbocycles. The highest BCUT2D eigenvalue weighted by atomic mass is 16.5. The molecule has 2 N–H and O–H groups in total. The number of pyridine rings is 1. The molecule has 0 spiro atoms. The Morgan fingerprint density at radius 3 is 2.65 bits per heavy atom. The Labute approximate surface area is 135 Å². The number of amides is 1. The van der Waals surface area contributed by atoms with Crippen molar-refractivity contribution in [2.75, 3.05) is 13.2 Å². The van der Waals surface area contributed by atoms with Crippen LogP contribution in [0, 0.1) is 5.92 Å². The summed E-state index contributed by atoms with van der Waals surface area (Å²) in [5.74, 6) is -1.16. The van der Waals surface area contributed by atoms with E-state index in [-0.39, 0.29) is 17.6 Å². The number of hydrogen-bond donors (Lipinski definition) is 2. The molecule has 0 aromatic carbocycles. The zero-order chi connectivity index (χ0) is 16.8. The van der Waals surface area contributed by atoms with Gasteiger partial charge in [0.25, 0.3) is 5.91 Å². The van der Waals surface area contributed by atoms with Crippen molar-refractivity contribution in [1.29, 1.82) is 0 Å². The summed E-state index contributed by atoms with van der Waals surface area (Å²) < 4.78 is 10.7. The summed E-state index contributed by atoms with van der Waals surface area (Å²) >= 11 is 0. The van der Waals surface area contributed by atoms with Crippen LogP contribution in [-0.4, -0.2) is 47.3 Å². The molecule has 1 unspecified atom stereocenters. The molecule has 1 saturated heterocycles. The van der Waals surface area contributed by atoms with E-state index in [0.29, 0.717) is 31.8 Å². The van der Waals surface area contributed by atoms with Crippen LogP contribution in [0.1, 0.15) is 37.0 Å². The summed E-state index contributed by atoms with van der Waals surface area (Å²) in [5, 5.41) is 12.0. The number of ether oxygens (including phenoxy) is 2. The first-order valence-electron chi connectivity index (χ1n) is 7.70. The SMILES string of the molecule is CC(C)Oc1cncc(C(=O)NC(C(=O)O)C2CCOCC2)c1. The molecule has 1 aromatic heterocycles. The van der Waals surface area contributed by atoms with E-state index in [1.165, 1.54) is 12.4 Å². The first kappa shape index (κ1) is 17.2. The second kappa shape index (κ2) is 7.92. The van der Waals surface area contributed by atoms with E-state index >= 15 is 0 Å². The molecule has 7 heteroatoms. The molecule has 2 rings (SSSR count). The third-order valence-electron chi connectivity index (χ3n) is 3.64. The van der Waals surface area contributed by atoms with Gasteiger partial charge in [-0.3, -0.25) is 9.78 Å². The first-order valence-corrected chi connectivity index (χ1v) is 7.70. The number of carbonyl (C=O) groups excluding carboxylic acids is 1. The number of aliphatic carboxylic acids is 1. The molecular weight excluding hydrogens is 300 g/mol. The maximum Gasteiger partial charge on any atom is 0.326 e. The van der Waals surface area contributed by atoms with Gasteiger partial charge in [-0.1, -0.05) is 0 Å². The molecule has 126 valence electrons. The van der Waals surface area contributed by atoms with Gasteiger partial charge in [0.15, 0.2) is 0 Å². The van der Waals surface area contributed by atoms with E-state index in [2.05, 4.69) is 10.3 Å². The minimum absolute atomic E-state index is 0.0379. The van der Waals surface area contributed by atoms with Crippen LogP contribution in [0.25, 0.3) is 0 Å². The molecule has 0 bridgehead atoms. The minimum atomic E-state index is -1.03. The Morgan fingerprint density at radius 1 is 1.35 bits per heavy atom. The number of nitrogens with zero attached hydrogens (tertiary/aromatic N) is 1. The maximum absolute atomic E-state index is 12.3. The fraction of sp³-hybridized carbons (Fsp3) is 0.562. The molecule has 1 aliphatic rings. The van der Waals surface area contributed by atoms with Crippen LogP contribution >= 0.6 is 0 Å². The van der Waals surface area contributed by atoms with E-state index in [1.54, 1.807) is 6.07 Å². The number of carbonyl (C=O) groups is 2. The molecule has 23 heavy (non-hydrogen) atoms. The number of aromatic nitrogens is 1. The van der Waals surface area contributed by atoms with E-state index in [1.807, 2.05) is 13.8 Å². The molecule has 1 fully saturated rings. The van der Waals surface area contributed by atoms with Crippen molar-refractivity contribution in [2.45, 2.75) is 38.8 Å². The van der Waals surface area contributed by atoms with E-state index < -0.39 is 17.9 Å². The Kier molecular flexibility index (Phi) is 5.92. The molecule has 1 aliphatic heterocycles. The van der Waals surface area contributed by atoms with Crippen LogP contribution in [0.15, 0.2) is 18.5 Å². The Morgan fingerprint density at radius 2 is 2.04 bits per heavy atom. The summed E-state index contributed by atoms with van der Waals surface area (Å²) in [6.07, 6.45) is 4.11. The number of nitrogens with one attached hydrogen (secondary N) is 1. The maximum atomic E-state index is 12.3. The van der Waals surface area contributed by atoms with Gasteiger partial charge < -0.3 is 19.9 Å². The van der Waals surface area contributed by atoms with Crippen LogP contribution in [0.5, 0.6) is 5.75 Å². The van der Waals surface area contributed by atoms with Crippen LogP contribution in [0.4, 0.5) is 0 Å². The molecule has 1 atom stereocenters. The largest absolute Gasteiger partial charge is 0.489 e. The van der Waals surface area contributed by atoms with Gasteiger partial charge in [-0.2, -0.15) is 0 Å². The fourth-order valence-electron chi connectivity index (χ4n) is 2.53. The van der Waals surface area contributed by atoms with Gasteiger partial charge in [0.05, 0.1) is 17.9 Å². The smallest absolute Gasteiger partial charge is 0.326 e. The lowest BCUT2D eigenvalue weighted by atomic mass is 9.91. The molecular formula is C16H22N2O5. The van der Waals surface area contributed by atoms with Crippen molar-refractivity contribution in [1.82, 2.24) is 10.3 Å². The van der Waals surface area contributed by atoms with E-state index in [9.17, 15) is 14.7 Å². The lowest BCUT2D eigenvalue weighted by molar-refractivity contribution is -0.141. The molecule has 0 saturated carbocycles. The lowest BCUT2D eigenvalue weighted by Gasteiger charge is -2.28. The molecule has 0 radical (unpaired) electrons. The molecule has 7 nitrogen and oxygen atoms in total. The number of hydrogen-bond acceptors (Lipinski definition) is 5. The summed E-state index contributed by atoms with van der Waals surface area (Å²) in [6, 6.07) is 0.631. The van der Waals surface area contributed by atoms with Crippen LogP contribution in [0.3, 0.4) is 0 Å². The highest BCUT2D eigenvalue weighted by Crippen LogP contribution is 2.20. The number of carboxylic acid groups (broad SMARTS) is 1. The highest BCUT2D eigenvalue weighted by Gasteiger charge is 2.31. The minimum Gasteiger partial charge on any atom is -0.489 e. The average molecular weight is 322 g/mol. The average Bonchev–Trinajstić information content (AvgIpc) is 2.52. The van der Waals surface area contributed by atoms with E-state index in [4.69, 9.17) is 9.47 Å². The summed E-state index contributed by atoms with van der Waals surface area (Å²) in [5.41, 5.74) is 0.279. The topological polar surface area (TPSA) is 97.8 Å². The van der Waals surface area contributed by atoms with Gasteiger partial charge in [0, 0.05) is 19.4 Å². The van der Waals surface area contributed by atoms with Crippen molar-refractivity contribution in [3.05, 3.63) is 24.0 Å². The second-order valence-electron chi connectivity index (χ2n) is 5.82. The zero-order valence-corrected chi connectivity index (χ0v) is 13.3. The standard InChI is InChI=1S/C16H22N2O5/c1-10(2)23-13-7-12(8-17-9-13)15(19)18-14(16(20)21)11-3-5-22-6-4-11/h7-11,14H,3-6H2,1-2H3,(H,18,19)(H,20,21). The first-order chi connectivity index (χ1) is 11.0. The van der Waals surface area contributed by atoms with Gasteiger partial charge >= 0.3 is 5.97 Å². The fourth-order valence-corrected chi connectivity index (χ4v) is 2.53. The Balaban J connectivity index is 2.07. The molecule has 1 aromatic rings. The Hall–Kier alpha value is -2.15. The highest BCUT2D eigenvalue weighted by molar-refractivity contribution is 5.96. The van der Waals surface area contributed by atoms with Crippen LogP contribution in [-0.2, 0) is 9.53 Å². The summed E-state index contributed by atoms with van der Waals surface area (Å²) in [4.78, 5) is 27.8. The van der Waals surface area contributed by atoms with Crippen molar-refractivity contribution in [2.24, 2.45) is 5.92 Å². The van der Waals surface area contributed by atoms with Crippen LogP contribution in [0.2, 0.25) is 0 Å². The van der Waals surface area contributed by atoms with Crippen molar-refractivity contribution in [3.8, 4) is 5.75 Å².